The topological polar surface area (TPSA) is 80.3 Å². The lowest BCUT2D eigenvalue weighted by molar-refractivity contribution is 0.0901. The molecule has 0 saturated carbocycles. The Balaban J connectivity index is 1.65. The number of aliphatic hydroxyl groups excluding tert-OH is 1. The van der Waals surface area contributed by atoms with E-state index in [0.29, 0.717) is 11.5 Å². The van der Waals surface area contributed by atoms with Gasteiger partial charge in [0.2, 0.25) is 0 Å². The van der Waals surface area contributed by atoms with Crippen molar-refractivity contribution in [1.82, 2.24) is 15.1 Å². The molecular formula is C19H19N3O3. The Bertz CT molecular complexity index is 869. The van der Waals surface area contributed by atoms with Crippen LogP contribution in [0.3, 0.4) is 0 Å². The number of hydrogen-bond donors (Lipinski definition) is 2. The highest BCUT2D eigenvalue weighted by molar-refractivity contribution is 5.94. The zero-order valence-corrected chi connectivity index (χ0v) is 13.7. The van der Waals surface area contributed by atoms with Crippen molar-refractivity contribution < 1.29 is 14.3 Å². The lowest BCUT2D eigenvalue weighted by Crippen LogP contribution is -2.31. The zero-order chi connectivity index (χ0) is 17.2. The van der Waals surface area contributed by atoms with Crippen molar-refractivity contribution in [2.45, 2.75) is 25.3 Å². The molecule has 2 aromatic heterocycles. The van der Waals surface area contributed by atoms with E-state index in [-0.39, 0.29) is 12.5 Å². The van der Waals surface area contributed by atoms with Gasteiger partial charge in [-0.15, -0.1) is 0 Å². The first kappa shape index (κ1) is 15.7. The van der Waals surface area contributed by atoms with Crippen LogP contribution in [0.5, 0.6) is 0 Å². The highest BCUT2D eigenvalue weighted by atomic mass is 16.3. The number of aromatic nitrogens is 2. The molecule has 128 valence electrons. The number of benzene rings is 1. The number of fused-ring (bicyclic) bond motifs is 1. The maximum absolute atomic E-state index is 12.8. The third-order valence-electron chi connectivity index (χ3n) is 4.52. The molecule has 1 unspecified atom stereocenters. The van der Waals surface area contributed by atoms with Crippen LogP contribution in [0, 0.1) is 0 Å². The summed E-state index contributed by atoms with van der Waals surface area (Å²) in [5, 5.41) is 17.0. The second kappa shape index (κ2) is 6.57. The Morgan fingerprint density at radius 2 is 2.08 bits per heavy atom. The highest BCUT2D eigenvalue weighted by Gasteiger charge is 2.28. The van der Waals surface area contributed by atoms with Crippen molar-refractivity contribution in [1.29, 1.82) is 0 Å². The Labute approximate surface area is 145 Å². The normalized spacial score (nSPS) is 14.3. The fraction of sp³-hybridized carbons (Fsp3) is 0.263. The van der Waals surface area contributed by atoms with Crippen molar-refractivity contribution in [3.63, 3.8) is 0 Å². The minimum Gasteiger partial charge on any atom is -0.467 e. The molecule has 0 aliphatic heterocycles. The summed E-state index contributed by atoms with van der Waals surface area (Å²) >= 11 is 0. The van der Waals surface area contributed by atoms with E-state index in [0.717, 1.165) is 36.2 Å². The van der Waals surface area contributed by atoms with Crippen LogP contribution >= 0.6 is 0 Å². The standard InChI is InChI=1S/C19H19N3O3/c23-12-15(17-10-5-11-25-17)20-19(24)18-14-8-4-9-16(14)22(21-18)13-6-2-1-3-7-13/h1-3,5-7,10-11,15,23H,4,8-9,12H2,(H,20,24). The van der Waals surface area contributed by atoms with Gasteiger partial charge in [0.15, 0.2) is 5.69 Å². The van der Waals surface area contributed by atoms with Gasteiger partial charge in [0.05, 0.1) is 18.6 Å². The molecule has 0 radical (unpaired) electrons. The van der Waals surface area contributed by atoms with Crippen LogP contribution in [0.1, 0.15) is 40.0 Å². The number of hydrogen-bond acceptors (Lipinski definition) is 4. The van der Waals surface area contributed by atoms with E-state index >= 15 is 0 Å². The van der Waals surface area contributed by atoms with E-state index in [1.54, 1.807) is 12.1 Å². The van der Waals surface area contributed by atoms with E-state index in [4.69, 9.17) is 4.42 Å². The Morgan fingerprint density at radius 3 is 2.80 bits per heavy atom. The molecule has 0 fully saturated rings. The Morgan fingerprint density at radius 1 is 1.24 bits per heavy atom. The molecule has 2 heterocycles. The number of amides is 1. The predicted molar refractivity (Wildman–Crippen MR) is 91.6 cm³/mol. The molecule has 3 aromatic rings. The summed E-state index contributed by atoms with van der Waals surface area (Å²) in [4.78, 5) is 12.8. The first-order valence-electron chi connectivity index (χ1n) is 8.39. The molecule has 1 aliphatic rings. The SMILES string of the molecule is O=C(NC(CO)c1ccco1)c1nn(-c2ccccc2)c2c1CCC2. The van der Waals surface area contributed by atoms with Crippen molar-refractivity contribution in [3.8, 4) is 5.69 Å². The maximum atomic E-state index is 12.8. The minimum absolute atomic E-state index is 0.235. The van der Waals surface area contributed by atoms with Gasteiger partial charge in [-0.3, -0.25) is 4.79 Å². The molecule has 1 aliphatic carbocycles. The van der Waals surface area contributed by atoms with Gasteiger partial charge in [0, 0.05) is 11.3 Å². The molecule has 6 nitrogen and oxygen atoms in total. The number of furan rings is 1. The number of nitrogens with one attached hydrogen (secondary N) is 1. The molecule has 2 N–H and O–H groups in total. The number of aliphatic hydroxyl groups is 1. The van der Waals surface area contributed by atoms with Gasteiger partial charge < -0.3 is 14.8 Å². The van der Waals surface area contributed by atoms with Crippen LogP contribution in [-0.2, 0) is 12.8 Å². The molecule has 0 saturated heterocycles. The minimum atomic E-state index is -0.582. The quantitative estimate of drug-likeness (QED) is 0.749. The van der Waals surface area contributed by atoms with Crippen LogP contribution < -0.4 is 5.32 Å². The van der Waals surface area contributed by atoms with Crippen molar-refractivity contribution in [2.24, 2.45) is 0 Å². The van der Waals surface area contributed by atoms with Crippen LogP contribution in [-0.4, -0.2) is 27.4 Å². The summed E-state index contributed by atoms with van der Waals surface area (Å²) < 4.78 is 7.15. The van der Waals surface area contributed by atoms with Crippen molar-refractivity contribution in [3.05, 3.63) is 71.4 Å². The van der Waals surface area contributed by atoms with Crippen LogP contribution in [0.2, 0.25) is 0 Å². The molecular weight excluding hydrogens is 318 g/mol. The predicted octanol–water partition coefficient (Wildman–Crippen LogP) is 2.42. The Hall–Kier alpha value is -2.86. The van der Waals surface area contributed by atoms with Gasteiger partial charge in [-0.05, 0) is 43.5 Å². The third kappa shape index (κ3) is 2.85. The molecule has 1 amide bonds. The summed E-state index contributed by atoms with van der Waals surface area (Å²) in [6.45, 7) is -0.235. The van der Waals surface area contributed by atoms with Crippen LogP contribution in [0.4, 0.5) is 0 Å². The second-order valence-electron chi connectivity index (χ2n) is 6.10. The second-order valence-corrected chi connectivity index (χ2v) is 6.10. The fourth-order valence-electron chi connectivity index (χ4n) is 3.33. The van der Waals surface area contributed by atoms with Crippen LogP contribution in [0.15, 0.2) is 53.1 Å². The van der Waals surface area contributed by atoms with Gasteiger partial charge in [0.1, 0.15) is 11.8 Å². The van der Waals surface area contributed by atoms with Gasteiger partial charge in [-0.1, -0.05) is 18.2 Å². The van der Waals surface area contributed by atoms with Gasteiger partial charge in [-0.25, -0.2) is 4.68 Å². The molecule has 25 heavy (non-hydrogen) atoms. The molecule has 0 spiro atoms. The number of carbonyl (C=O) groups is 1. The number of para-hydroxylation sites is 1. The van der Waals surface area contributed by atoms with Crippen LogP contribution in [0.25, 0.3) is 5.69 Å². The first-order valence-corrected chi connectivity index (χ1v) is 8.39. The lowest BCUT2D eigenvalue weighted by Gasteiger charge is -2.13. The number of carbonyl (C=O) groups excluding carboxylic acids is 1. The monoisotopic (exact) mass is 337 g/mol. The third-order valence-corrected chi connectivity index (χ3v) is 4.52. The van der Waals surface area contributed by atoms with Crippen molar-refractivity contribution >= 4 is 5.91 Å². The fourth-order valence-corrected chi connectivity index (χ4v) is 3.33. The summed E-state index contributed by atoms with van der Waals surface area (Å²) in [5.41, 5.74) is 3.47. The smallest absolute Gasteiger partial charge is 0.272 e. The molecule has 1 atom stereocenters. The molecule has 4 rings (SSSR count). The van der Waals surface area contributed by atoms with E-state index in [2.05, 4.69) is 10.4 Å². The maximum Gasteiger partial charge on any atom is 0.272 e. The molecule has 0 bridgehead atoms. The average molecular weight is 337 g/mol. The van der Waals surface area contributed by atoms with E-state index in [1.807, 2.05) is 35.0 Å². The average Bonchev–Trinajstić information content (AvgIpc) is 3.37. The molecule has 1 aromatic carbocycles. The van der Waals surface area contributed by atoms with E-state index < -0.39 is 6.04 Å². The highest BCUT2D eigenvalue weighted by Crippen LogP contribution is 2.28. The Kier molecular flexibility index (Phi) is 4.11. The molecule has 6 heteroatoms. The van der Waals surface area contributed by atoms with E-state index in [9.17, 15) is 9.90 Å². The van der Waals surface area contributed by atoms with Gasteiger partial charge in [0.25, 0.3) is 5.91 Å². The van der Waals surface area contributed by atoms with Gasteiger partial charge in [-0.2, -0.15) is 5.10 Å². The van der Waals surface area contributed by atoms with Gasteiger partial charge >= 0.3 is 0 Å². The zero-order valence-electron chi connectivity index (χ0n) is 13.7. The lowest BCUT2D eigenvalue weighted by atomic mass is 10.1. The summed E-state index contributed by atoms with van der Waals surface area (Å²) in [6.07, 6.45) is 4.29. The summed E-state index contributed by atoms with van der Waals surface area (Å²) in [6, 6.07) is 12.7. The largest absolute Gasteiger partial charge is 0.467 e. The summed E-state index contributed by atoms with van der Waals surface area (Å²) in [7, 11) is 0. The van der Waals surface area contributed by atoms with Crippen molar-refractivity contribution in [2.75, 3.05) is 6.61 Å². The first-order chi connectivity index (χ1) is 12.3. The summed E-state index contributed by atoms with van der Waals surface area (Å²) in [5.74, 6) is 0.235. The van der Waals surface area contributed by atoms with E-state index in [1.165, 1.54) is 6.26 Å². The number of rotatable bonds is 5. The number of nitrogens with zero attached hydrogens (tertiary/aromatic N) is 2.